The third-order valence-electron chi connectivity index (χ3n) is 3.59. The Morgan fingerprint density at radius 3 is 2.92 bits per heavy atom. The standard InChI is InChI=1S/C11H19NO/c1-2-11(13)9-5-3-4-8-6-7-10(9)12-8/h8-10,12H,2-7H2,1H3/t8-,9?,10-/m1/s1. The topological polar surface area (TPSA) is 29.1 Å². The average molecular weight is 181 g/mol. The second-order valence-corrected chi connectivity index (χ2v) is 4.40. The summed E-state index contributed by atoms with van der Waals surface area (Å²) in [6.07, 6.45) is 6.88. The first-order valence-electron chi connectivity index (χ1n) is 5.60. The molecule has 2 nitrogen and oxygen atoms in total. The number of hydrogen-bond donors (Lipinski definition) is 1. The van der Waals surface area contributed by atoms with Crippen molar-refractivity contribution in [2.24, 2.45) is 5.92 Å². The summed E-state index contributed by atoms with van der Waals surface area (Å²) < 4.78 is 0. The largest absolute Gasteiger partial charge is 0.311 e. The summed E-state index contributed by atoms with van der Waals surface area (Å²) in [7, 11) is 0. The van der Waals surface area contributed by atoms with Crippen molar-refractivity contribution in [2.75, 3.05) is 0 Å². The van der Waals surface area contributed by atoms with E-state index in [1.54, 1.807) is 0 Å². The molecular weight excluding hydrogens is 162 g/mol. The van der Waals surface area contributed by atoms with Crippen LogP contribution in [0.4, 0.5) is 0 Å². The molecule has 0 amide bonds. The van der Waals surface area contributed by atoms with Gasteiger partial charge in [-0.3, -0.25) is 4.79 Å². The molecule has 1 N–H and O–H groups in total. The molecule has 0 spiro atoms. The highest BCUT2D eigenvalue weighted by Gasteiger charge is 2.35. The van der Waals surface area contributed by atoms with Crippen LogP contribution in [0.2, 0.25) is 0 Å². The first-order chi connectivity index (χ1) is 6.31. The Morgan fingerprint density at radius 2 is 2.15 bits per heavy atom. The lowest BCUT2D eigenvalue weighted by atomic mass is 9.86. The maximum atomic E-state index is 11.7. The molecule has 2 fully saturated rings. The van der Waals surface area contributed by atoms with Gasteiger partial charge in [-0.15, -0.1) is 0 Å². The minimum atomic E-state index is 0.331. The molecule has 74 valence electrons. The van der Waals surface area contributed by atoms with Crippen LogP contribution in [0.3, 0.4) is 0 Å². The third kappa shape index (κ3) is 1.78. The Hall–Kier alpha value is -0.370. The van der Waals surface area contributed by atoms with Gasteiger partial charge in [0.15, 0.2) is 0 Å². The second-order valence-electron chi connectivity index (χ2n) is 4.40. The predicted molar refractivity (Wildman–Crippen MR) is 52.6 cm³/mol. The Kier molecular flexibility index (Phi) is 2.68. The number of fused-ring (bicyclic) bond motifs is 2. The van der Waals surface area contributed by atoms with Gasteiger partial charge < -0.3 is 5.32 Å². The zero-order valence-corrected chi connectivity index (χ0v) is 8.38. The number of Topliss-reactive ketones (excluding diaryl/α,β-unsaturated/α-hetero) is 1. The molecular formula is C11H19NO. The van der Waals surface area contributed by atoms with Crippen LogP contribution in [0.1, 0.15) is 45.4 Å². The molecule has 1 unspecified atom stereocenters. The highest BCUT2D eigenvalue weighted by atomic mass is 16.1. The molecule has 2 heteroatoms. The van der Waals surface area contributed by atoms with Crippen molar-refractivity contribution >= 4 is 5.78 Å². The van der Waals surface area contributed by atoms with Crippen molar-refractivity contribution in [3.05, 3.63) is 0 Å². The Bertz CT molecular complexity index is 202. The smallest absolute Gasteiger partial charge is 0.137 e. The van der Waals surface area contributed by atoms with Crippen LogP contribution >= 0.6 is 0 Å². The van der Waals surface area contributed by atoms with Crippen LogP contribution < -0.4 is 5.32 Å². The fourth-order valence-electron chi connectivity index (χ4n) is 2.83. The van der Waals surface area contributed by atoms with E-state index in [1.807, 2.05) is 6.92 Å². The number of ketones is 1. The lowest BCUT2D eigenvalue weighted by molar-refractivity contribution is -0.123. The van der Waals surface area contributed by atoms with Crippen LogP contribution in [0.15, 0.2) is 0 Å². The Morgan fingerprint density at radius 1 is 1.31 bits per heavy atom. The van der Waals surface area contributed by atoms with Crippen molar-refractivity contribution in [3.63, 3.8) is 0 Å². The van der Waals surface area contributed by atoms with Crippen LogP contribution in [0.5, 0.6) is 0 Å². The van der Waals surface area contributed by atoms with Crippen molar-refractivity contribution in [3.8, 4) is 0 Å². The molecule has 2 saturated heterocycles. The number of carbonyl (C=O) groups excluding carboxylic acids is 1. The summed E-state index contributed by atoms with van der Waals surface area (Å²) in [6.45, 7) is 1.99. The van der Waals surface area contributed by atoms with Gasteiger partial charge >= 0.3 is 0 Å². The second kappa shape index (κ2) is 3.79. The number of carbonyl (C=O) groups is 1. The van der Waals surface area contributed by atoms with Crippen LogP contribution in [0, 0.1) is 5.92 Å². The molecule has 0 saturated carbocycles. The van der Waals surface area contributed by atoms with Gasteiger partial charge in [-0.25, -0.2) is 0 Å². The highest BCUT2D eigenvalue weighted by Crippen LogP contribution is 2.30. The molecule has 0 aliphatic carbocycles. The zero-order valence-electron chi connectivity index (χ0n) is 8.38. The van der Waals surface area contributed by atoms with E-state index in [1.165, 1.54) is 25.7 Å². The Labute approximate surface area is 80.1 Å². The number of hydrogen-bond acceptors (Lipinski definition) is 2. The Balaban J connectivity index is 2.05. The molecule has 13 heavy (non-hydrogen) atoms. The maximum Gasteiger partial charge on any atom is 0.137 e. The summed E-state index contributed by atoms with van der Waals surface area (Å²) in [5, 5.41) is 3.60. The van der Waals surface area contributed by atoms with E-state index in [4.69, 9.17) is 0 Å². The normalized spacial score (nSPS) is 38.7. The summed E-state index contributed by atoms with van der Waals surface area (Å²) in [4.78, 5) is 11.7. The van der Waals surface area contributed by atoms with Crippen LogP contribution in [-0.4, -0.2) is 17.9 Å². The van der Waals surface area contributed by atoms with Gasteiger partial charge in [0, 0.05) is 24.4 Å². The predicted octanol–water partition coefficient (Wildman–Crippen LogP) is 1.89. The number of nitrogens with one attached hydrogen (secondary N) is 1. The van der Waals surface area contributed by atoms with Crippen molar-refractivity contribution in [1.29, 1.82) is 0 Å². The fraction of sp³-hybridized carbons (Fsp3) is 0.909. The molecule has 0 radical (unpaired) electrons. The van der Waals surface area contributed by atoms with E-state index < -0.39 is 0 Å². The molecule has 2 rings (SSSR count). The van der Waals surface area contributed by atoms with E-state index in [2.05, 4.69) is 5.32 Å². The van der Waals surface area contributed by atoms with E-state index in [-0.39, 0.29) is 0 Å². The molecule has 2 heterocycles. The zero-order chi connectivity index (χ0) is 9.26. The van der Waals surface area contributed by atoms with Crippen LogP contribution in [-0.2, 0) is 4.79 Å². The SMILES string of the molecule is CCC(=O)C1CCC[C@@H]2CC[C@H]1N2. The van der Waals surface area contributed by atoms with Gasteiger partial charge in [0.25, 0.3) is 0 Å². The van der Waals surface area contributed by atoms with Gasteiger partial charge in [-0.1, -0.05) is 13.3 Å². The van der Waals surface area contributed by atoms with Crippen LogP contribution in [0.25, 0.3) is 0 Å². The number of rotatable bonds is 2. The fourth-order valence-corrected chi connectivity index (χ4v) is 2.83. The molecule has 2 aliphatic heterocycles. The molecule has 0 aromatic rings. The lowest BCUT2D eigenvalue weighted by Gasteiger charge is -2.20. The van der Waals surface area contributed by atoms with E-state index >= 15 is 0 Å². The molecule has 2 bridgehead atoms. The summed E-state index contributed by atoms with van der Waals surface area (Å²) in [5.74, 6) is 0.803. The van der Waals surface area contributed by atoms with Gasteiger partial charge in [0.2, 0.25) is 0 Å². The molecule has 0 aromatic heterocycles. The minimum Gasteiger partial charge on any atom is -0.311 e. The van der Waals surface area contributed by atoms with Gasteiger partial charge in [-0.2, -0.15) is 0 Å². The van der Waals surface area contributed by atoms with E-state index in [0.29, 0.717) is 24.2 Å². The highest BCUT2D eigenvalue weighted by molar-refractivity contribution is 5.81. The van der Waals surface area contributed by atoms with Crippen molar-refractivity contribution in [2.45, 2.75) is 57.5 Å². The van der Waals surface area contributed by atoms with Gasteiger partial charge in [0.05, 0.1) is 0 Å². The lowest BCUT2D eigenvalue weighted by Crippen LogP contribution is -2.36. The first-order valence-corrected chi connectivity index (χ1v) is 5.60. The summed E-state index contributed by atoms with van der Waals surface area (Å²) in [6, 6.07) is 1.24. The molecule has 0 aromatic carbocycles. The quantitative estimate of drug-likeness (QED) is 0.704. The average Bonchev–Trinajstić information content (AvgIpc) is 2.46. The first kappa shape index (κ1) is 9.20. The maximum absolute atomic E-state index is 11.7. The van der Waals surface area contributed by atoms with Gasteiger partial charge in [-0.05, 0) is 25.7 Å². The van der Waals surface area contributed by atoms with Gasteiger partial charge in [0.1, 0.15) is 5.78 Å². The monoisotopic (exact) mass is 181 g/mol. The summed E-state index contributed by atoms with van der Waals surface area (Å²) >= 11 is 0. The molecule has 3 atom stereocenters. The van der Waals surface area contributed by atoms with Crippen molar-refractivity contribution in [1.82, 2.24) is 5.32 Å². The summed E-state index contributed by atoms with van der Waals surface area (Å²) in [5.41, 5.74) is 0. The third-order valence-corrected chi connectivity index (χ3v) is 3.59. The van der Waals surface area contributed by atoms with E-state index in [9.17, 15) is 4.79 Å². The van der Waals surface area contributed by atoms with E-state index in [0.717, 1.165) is 12.5 Å². The molecule has 2 aliphatic rings. The minimum absolute atomic E-state index is 0.331. The van der Waals surface area contributed by atoms with Crippen molar-refractivity contribution < 1.29 is 4.79 Å².